The van der Waals surface area contributed by atoms with Gasteiger partial charge in [-0.05, 0) is 12.1 Å². The fourth-order valence-electron chi connectivity index (χ4n) is 1.49. The Balaban J connectivity index is 2.45. The number of nitrogen functional groups attached to an aromatic ring is 1. The maximum atomic E-state index is 11.4. The summed E-state index contributed by atoms with van der Waals surface area (Å²) in [7, 11) is 1.26. The summed E-state index contributed by atoms with van der Waals surface area (Å²) in [5.41, 5.74) is 11.5. The molecule has 0 saturated carbocycles. The molecule has 2 aromatic rings. The molecule has 8 heteroatoms. The number of nitrogens with zero attached hydrogens (tertiary/aromatic N) is 3. The van der Waals surface area contributed by atoms with Crippen molar-refractivity contribution in [3.05, 3.63) is 35.9 Å². The van der Waals surface area contributed by atoms with Gasteiger partial charge < -0.3 is 16.2 Å². The van der Waals surface area contributed by atoms with E-state index in [0.717, 1.165) is 0 Å². The number of hydrogen-bond donors (Lipinski definition) is 2. The number of carbonyl (C=O) groups excluding carboxylic acids is 2. The molecule has 0 bridgehead atoms. The van der Waals surface area contributed by atoms with Crippen molar-refractivity contribution < 1.29 is 14.3 Å². The Bertz CT molecular complexity index is 650. The third-order valence-corrected chi connectivity index (χ3v) is 2.38. The lowest BCUT2D eigenvalue weighted by Crippen LogP contribution is -2.14. The first kappa shape index (κ1) is 12.6. The number of nitrogens with two attached hydrogens (primary N) is 2. The minimum absolute atomic E-state index is 0.0311. The van der Waals surface area contributed by atoms with Gasteiger partial charge >= 0.3 is 5.97 Å². The zero-order chi connectivity index (χ0) is 14.0. The first-order valence-corrected chi connectivity index (χ1v) is 5.22. The summed E-state index contributed by atoms with van der Waals surface area (Å²) in [6.07, 6.45) is 2.85. The van der Waals surface area contributed by atoms with Crippen molar-refractivity contribution in [2.45, 2.75) is 0 Å². The molecule has 1 amide bonds. The standard InChI is InChI=1S/C11H11N5O3/c1-19-11(18)8-4-6(2-3-14-8)16-5-7(12)9(15-16)10(13)17/h2-5H,12H2,1H3,(H2,13,17). The van der Waals surface area contributed by atoms with E-state index in [-0.39, 0.29) is 17.1 Å². The number of amides is 1. The topological polar surface area (TPSA) is 126 Å². The Morgan fingerprint density at radius 1 is 1.42 bits per heavy atom. The molecule has 8 nitrogen and oxygen atoms in total. The van der Waals surface area contributed by atoms with Crippen LogP contribution in [0.4, 0.5) is 5.69 Å². The van der Waals surface area contributed by atoms with Gasteiger partial charge in [0.15, 0.2) is 5.69 Å². The number of ether oxygens (including phenoxy) is 1. The number of esters is 1. The molecule has 0 spiro atoms. The second kappa shape index (κ2) is 4.77. The van der Waals surface area contributed by atoms with Gasteiger partial charge in [0, 0.05) is 6.20 Å². The molecule has 2 rings (SSSR count). The molecule has 0 aliphatic carbocycles. The van der Waals surface area contributed by atoms with Gasteiger partial charge in [0.1, 0.15) is 5.69 Å². The number of primary amides is 1. The van der Waals surface area contributed by atoms with E-state index in [9.17, 15) is 9.59 Å². The zero-order valence-corrected chi connectivity index (χ0v) is 10.0. The van der Waals surface area contributed by atoms with Gasteiger partial charge in [-0.3, -0.25) is 4.79 Å². The van der Waals surface area contributed by atoms with Crippen LogP contribution < -0.4 is 11.5 Å². The molecule has 4 N–H and O–H groups in total. The Kier molecular flexibility index (Phi) is 3.15. The minimum Gasteiger partial charge on any atom is -0.464 e. The van der Waals surface area contributed by atoms with Crippen molar-refractivity contribution in [1.82, 2.24) is 14.8 Å². The fraction of sp³-hybridized carbons (Fsp3) is 0.0909. The lowest BCUT2D eigenvalue weighted by Gasteiger charge is -2.02. The summed E-state index contributed by atoms with van der Waals surface area (Å²) in [6, 6.07) is 3.06. The summed E-state index contributed by atoms with van der Waals surface area (Å²) < 4.78 is 5.90. The molecule has 2 heterocycles. The third-order valence-electron chi connectivity index (χ3n) is 2.38. The fourth-order valence-corrected chi connectivity index (χ4v) is 1.49. The minimum atomic E-state index is -0.724. The van der Waals surface area contributed by atoms with Gasteiger partial charge in [-0.1, -0.05) is 0 Å². The van der Waals surface area contributed by atoms with Gasteiger partial charge in [0.25, 0.3) is 5.91 Å². The molecule has 0 fully saturated rings. The molecular weight excluding hydrogens is 250 g/mol. The van der Waals surface area contributed by atoms with Crippen LogP contribution in [-0.4, -0.2) is 33.8 Å². The summed E-state index contributed by atoms with van der Waals surface area (Å²) in [5, 5.41) is 3.94. The van der Waals surface area contributed by atoms with Crippen molar-refractivity contribution in [2.75, 3.05) is 12.8 Å². The molecule has 2 aromatic heterocycles. The first-order chi connectivity index (χ1) is 9.02. The Morgan fingerprint density at radius 2 is 2.16 bits per heavy atom. The van der Waals surface area contributed by atoms with Crippen LogP contribution >= 0.6 is 0 Å². The number of carbonyl (C=O) groups is 2. The molecule has 0 aromatic carbocycles. The van der Waals surface area contributed by atoms with Crippen molar-refractivity contribution in [3.63, 3.8) is 0 Å². The average molecular weight is 261 g/mol. The number of aromatic nitrogens is 3. The Morgan fingerprint density at radius 3 is 2.74 bits per heavy atom. The van der Waals surface area contributed by atoms with Crippen molar-refractivity contribution >= 4 is 17.6 Å². The van der Waals surface area contributed by atoms with Gasteiger partial charge in [-0.25, -0.2) is 14.5 Å². The summed E-state index contributed by atoms with van der Waals surface area (Å²) in [4.78, 5) is 26.3. The molecule has 0 aliphatic rings. The second-order valence-corrected chi connectivity index (χ2v) is 3.63. The number of rotatable bonds is 3. The smallest absolute Gasteiger partial charge is 0.356 e. The normalized spacial score (nSPS) is 10.2. The van der Waals surface area contributed by atoms with Crippen LogP contribution in [0.25, 0.3) is 5.69 Å². The molecule has 0 radical (unpaired) electrons. The van der Waals surface area contributed by atoms with E-state index in [2.05, 4.69) is 14.8 Å². The van der Waals surface area contributed by atoms with Crippen molar-refractivity contribution in [3.8, 4) is 5.69 Å². The number of methoxy groups -OCH3 is 1. The highest BCUT2D eigenvalue weighted by atomic mass is 16.5. The number of pyridine rings is 1. The summed E-state index contributed by atoms with van der Waals surface area (Å²) in [5.74, 6) is -1.30. The van der Waals surface area contributed by atoms with Gasteiger partial charge in [0.2, 0.25) is 0 Å². The highest BCUT2D eigenvalue weighted by Gasteiger charge is 2.14. The predicted molar refractivity (Wildman–Crippen MR) is 65.6 cm³/mol. The second-order valence-electron chi connectivity index (χ2n) is 3.63. The third kappa shape index (κ3) is 2.37. The number of anilines is 1. The Hall–Kier alpha value is -2.90. The van der Waals surface area contributed by atoms with Gasteiger partial charge in [0.05, 0.1) is 24.7 Å². The van der Waals surface area contributed by atoms with Gasteiger partial charge in [-0.2, -0.15) is 5.10 Å². The van der Waals surface area contributed by atoms with Crippen LogP contribution in [0.5, 0.6) is 0 Å². The highest BCUT2D eigenvalue weighted by Crippen LogP contribution is 2.14. The largest absolute Gasteiger partial charge is 0.464 e. The summed E-state index contributed by atoms with van der Waals surface area (Å²) >= 11 is 0. The van der Waals surface area contributed by atoms with E-state index in [4.69, 9.17) is 11.5 Å². The molecule has 0 atom stereocenters. The van der Waals surface area contributed by atoms with E-state index >= 15 is 0 Å². The predicted octanol–water partition coefficient (Wildman–Crippen LogP) is -0.265. The van der Waals surface area contributed by atoms with Crippen LogP contribution in [0, 0.1) is 0 Å². The maximum Gasteiger partial charge on any atom is 0.356 e. The summed E-state index contributed by atoms with van der Waals surface area (Å²) in [6.45, 7) is 0. The van der Waals surface area contributed by atoms with Crippen LogP contribution in [-0.2, 0) is 4.74 Å². The lowest BCUT2D eigenvalue weighted by molar-refractivity contribution is 0.0594. The highest BCUT2D eigenvalue weighted by molar-refractivity contribution is 5.95. The Labute approximate surface area is 108 Å². The monoisotopic (exact) mass is 261 g/mol. The maximum absolute atomic E-state index is 11.4. The SMILES string of the molecule is COC(=O)c1cc(-n2cc(N)c(C(N)=O)n2)ccn1. The molecule has 19 heavy (non-hydrogen) atoms. The molecular formula is C11H11N5O3. The van der Waals surface area contributed by atoms with Gasteiger partial charge in [-0.15, -0.1) is 0 Å². The van der Waals surface area contributed by atoms with E-state index < -0.39 is 11.9 Å². The van der Waals surface area contributed by atoms with Crippen molar-refractivity contribution in [1.29, 1.82) is 0 Å². The van der Waals surface area contributed by atoms with E-state index in [0.29, 0.717) is 5.69 Å². The van der Waals surface area contributed by atoms with Crippen LogP contribution in [0.15, 0.2) is 24.5 Å². The zero-order valence-electron chi connectivity index (χ0n) is 10.0. The van der Waals surface area contributed by atoms with Crippen molar-refractivity contribution in [2.24, 2.45) is 5.73 Å². The van der Waals surface area contributed by atoms with E-state index in [1.54, 1.807) is 6.07 Å². The first-order valence-electron chi connectivity index (χ1n) is 5.22. The van der Waals surface area contributed by atoms with Crippen LogP contribution in [0.3, 0.4) is 0 Å². The molecule has 98 valence electrons. The van der Waals surface area contributed by atoms with Crippen LogP contribution in [0.1, 0.15) is 21.0 Å². The van der Waals surface area contributed by atoms with E-state index in [1.807, 2.05) is 0 Å². The lowest BCUT2D eigenvalue weighted by atomic mass is 10.3. The quantitative estimate of drug-likeness (QED) is 0.732. The molecule has 0 aliphatic heterocycles. The average Bonchev–Trinajstić information content (AvgIpc) is 2.80. The van der Waals surface area contributed by atoms with E-state index in [1.165, 1.54) is 30.3 Å². The molecule has 0 saturated heterocycles. The number of hydrogen-bond acceptors (Lipinski definition) is 6. The van der Waals surface area contributed by atoms with Crippen LogP contribution in [0.2, 0.25) is 0 Å². The molecule has 0 unspecified atom stereocenters.